The van der Waals surface area contributed by atoms with Crippen molar-refractivity contribution < 1.29 is 0 Å². The number of hydrogen-bond acceptors (Lipinski definition) is 1. The molecule has 0 heterocycles. The summed E-state index contributed by atoms with van der Waals surface area (Å²) in [5, 5.41) is 3.19. The molecule has 0 fully saturated rings. The molecule has 1 N–H and O–H groups in total. The third-order valence-corrected chi connectivity index (χ3v) is 3.28. The second-order valence-electron chi connectivity index (χ2n) is 5.18. The first kappa shape index (κ1) is 14.8. The summed E-state index contributed by atoms with van der Waals surface area (Å²) in [5.74, 6) is 0. The van der Waals surface area contributed by atoms with Gasteiger partial charge in [0, 0.05) is 12.7 Å². The van der Waals surface area contributed by atoms with Crippen LogP contribution < -0.4 is 5.32 Å². The molecule has 100 valence electrons. The number of allylic oxidation sites excluding steroid dienone is 1. The topological polar surface area (TPSA) is 12.0 Å². The lowest BCUT2D eigenvalue weighted by Crippen LogP contribution is -1.91. The molecule has 1 nitrogen and oxygen atoms in total. The average Bonchev–Trinajstić information content (AvgIpc) is 2.37. The molecule has 1 aromatic carbocycles. The molecule has 0 aliphatic carbocycles. The van der Waals surface area contributed by atoms with Gasteiger partial charge in [0.15, 0.2) is 0 Å². The summed E-state index contributed by atoms with van der Waals surface area (Å²) in [6.07, 6.45) is 9.08. The first-order chi connectivity index (χ1) is 8.72. The van der Waals surface area contributed by atoms with Gasteiger partial charge in [-0.3, -0.25) is 0 Å². The first-order valence-corrected chi connectivity index (χ1v) is 7.13. The summed E-state index contributed by atoms with van der Waals surface area (Å²) >= 11 is 0. The zero-order chi connectivity index (χ0) is 13.2. The van der Waals surface area contributed by atoms with Gasteiger partial charge in [0.2, 0.25) is 0 Å². The molecule has 0 aromatic heterocycles. The minimum atomic E-state index is 1.20. The number of rotatable bonds is 9. The highest BCUT2D eigenvalue weighted by Crippen LogP contribution is 2.14. The maximum Gasteiger partial charge on any atom is 0.0340 e. The predicted molar refractivity (Wildman–Crippen MR) is 82.2 cm³/mol. The maximum absolute atomic E-state index is 3.94. The smallest absolute Gasteiger partial charge is 0.0340 e. The van der Waals surface area contributed by atoms with Gasteiger partial charge >= 0.3 is 0 Å². The van der Waals surface area contributed by atoms with Crippen LogP contribution in [0.15, 0.2) is 36.4 Å². The molecule has 0 unspecified atom stereocenters. The normalized spacial score (nSPS) is 10.3. The van der Waals surface area contributed by atoms with E-state index < -0.39 is 0 Å². The summed E-state index contributed by atoms with van der Waals surface area (Å²) in [6.45, 7) is 6.06. The van der Waals surface area contributed by atoms with E-state index >= 15 is 0 Å². The van der Waals surface area contributed by atoms with Crippen LogP contribution in [0.2, 0.25) is 0 Å². The Kier molecular flexibility index (Phi) is 7.24. The van der Waals surface area contributed by atoms with Crippen LogP contribution in [-0.2, 0) is 6.42 Å². The lowest BCUT2D eigenvalue weighted by atomic mass is 10.0. The number of unbranched alkanes of at least 4 members (excludes halogenated alkanes) is 4. The maximum atomic E-state index is 3.94. The SMILES string of the molecule is C=C(C)CCCCCCCc1cccc(NC)c1. The molecule has 18 heavy (non-hydrogen) atoms. The largest absolute Gasteiger partial charge is 0.388 e. The molecule has 0 radical (unpaired) electrons. The van der Waals surface area contributed by atoms with Crippen molar-refractivity contribution in [3.8, 4) is 0 Å². The van der Waals surface area contributed by atoms with E-state index in [1.54, 1.807) is 0 Å². The fourth-order valence-corrected chi connectivity index (χ4v) is 2.17. The van der Waals surface area contributed by atoms with Crippen molar-refractivity contribution in [3.63, 3.8) is 0 Å². The van der Waals surface area contributed by atoms with Crippen molar-refractivity contribution in [1.29, 1.82) is 0 Å². The highest BCUT2D eigenvalue weighted by molar-refractivity contribution is 5.44. The highest BCUT2D eigenvalue weighted by atomic mass is 14.8. The third kappa shape index (κ3) is 6.48. The highest BCUT2D eigenvalue weighted by Gasteiger charge is 1.96. The summed E-state index contributed by atoms with van der Waals surface area (Å²) in [4.78, 5) is 0. The molecule has 0 saturated heterocycles. The van der Waals surface area contributed by atoms with Gasteiger partial charge in [-0.2, -0.15) is 0 Å². The fraction of sp³-hybridized carbons (Fsp3) is 0.529. The molecule has 1 rings (SSSR count). The standard InChI is InChI=1S/C17H27N/c1-15(2)10-7-5-4-6-8-11-16-12-9-13-17(14-16)18-3/h9,12-14,18H,1,4-8,10-11H2,2-3H3. The number of nitrogens with one attached hydrogen (secondary N) is 1. The van der Waals surface area contributed by atoms with Crippen molar-refractivity contribution >= 4 is 5.69 Å². The molecule has 1 aromatic rings. The molecular weight excluding hydrogens is 218 g/mol. The summed E-state index contributed by atoms with van der Waals surface area (Å²) in [7, 11) is 1.97. The first-order valence-electron chi connectivity index (χ1n) is 7.13. The molecule has 0 amide bonds. The zero-order valence-corrected chi connectivity index (χ0v) is 12.0. The fourth-order valence-electron chi connectivity index (χ4n) is 2.17. The van der Waals surface area contributed by atoms with Gasteiger partial charge in [0.05, 0.1) is 0 Å². The van der Waals surface area contributed by atoms with E-state index in [4.69, 9.17) is 0 Å². The molecule has 0 bridgehead atoms. The van der Waals surface area contributed by atoms with E-state index in [9.17, 15) is 0 Å². The Morgan fingerprint density at radius 3 is 2.56 bits per heavy atom. The number of hydrogen-bond donors (Lipinski definition) is 1. The van der Waals surface area contributed by atoms with Gasteiger partial charge in [-0.05, 0) is 50.3 Å². The van der Waals surface area contributed by atoms with Gasteiger partial charge < -0.3 is 5.32 Å². The monoisotopic (exact) mass is 245 g/mol. The van der Waals surface area contributed by atoms with Crippen molar-refractivity contribution in [2.75, 3.05) is 12.4 Å². The van der Waals surface area contributed by atoms with Crippen LogP contribution in [0, 0.1) is 0 Å². The molecule has 0 saturated carbocycles. The third-order valence-electron chi connectivity index (χ3n) is 3.28. The second-order valence-corrected chi connectivity index (χ2v) is 5.18. The number of anilines is 1. The van der Waals surface area contributed by atoms with Gasteiger partial charge in [-0.25, -0.2) is 0 Å². The Morgan fingerprint density at radius 1 is 1.11 bits per heavy atom. The minimum Gasteiger partial charge on any atom is -0.388 e. The Labute approximate surface area is 112 Å². The van der Waals surface area contributed by atoms with E-state index in [-0.39, 0.29) is 0 Å². The van der Waals surface area contributed by atoms with Gasteiger partial charge in [-0.1, -0.05) is 37.0 Å². The average molecular weight is 245 g/mol. The molecule has 0 aliphatic heterocycles. The van der Waals surface area contributed by atoms with Crippen molar-refractivity contribution in [1.82, 2.24) is 0 Å². The van der Waals surface area contributed by atoms with E-state index in [1.165, 1.54) is 61.8 Å². The Morgan fingerprint density at radius 2 is 1.83 bits per heavy atom. The van der Waals surface area contributed by atoms with Gasteiger partial charge in [0.1, 0.15) is 0 Å². The molecule has 0 aliphatic rings. The van der Waals surface area contributed by atoms with Gasteiger partial charge in [-0.15, -0.1) is 6.58 Å². The molecular formula is C17H27N. The van der Waals surface area contributed by atoms with Crippen LogP contribution in [0.5, 0.6) is 0 Å². The van der Waals surface area contributed by atoms with Crippen molar-refractivity contribution in [2.24, 2.45) is 0 Å². The van der Waals surface area contributed by atoms with Gasteiger partial charge in [0.25, 0.3) is 0 Å². The second kappa shape index (κ2) is 8.79. The van der Waals surface area contributed by atoms with Crippen molar-refractivity contribution in [2.45, 2.75) is 51.9 Å². The van der Waals surface area contributed by atoms with Crippen LogP contribution in [0.4, 0.5) is 5.69 Å². The lowest BCUT2D eigenvalue weighted by molar-refractivity contribution is 0.613. The zero-order valence-electron chi connectivity index (χ0n) is 12.0. The Balaban J connectivity index is 2.08. The van der Waals surface area contributed by atoms with E-state index in [0.29, 0.717) is 0 Å². The Hall–Kier alpha value is -1.24. The van der Waals surface area contributed by atoms with E-state index in [2.05, 4.69) is 43.1 Å². The summed E-state index contributed by atoms with van der Waals surface area (Å²) in [5.41, 5.74) is 3.98. The van der Waals surface area contributed by atoms with Crippen LogP contribution in [0.25, 0.3) is 0 Å². The minimum absolute atomic E-state index is 1.20. The molecule has 0 spiro atoms. The quantitative estimate of drug-likeness (QED) is 0.466. The predicted octanol–water partition coefficient (Wildman–Crippen LogP) is 5.19. The van der Waals surface area contributed by atoms with Crippen molar-refractivity contribution in [3.05, 3.63) is 42.0 Å². The van der Waals surface area contributed by atoms with Crippen LogP contribution >= 0.6 is 0 Å². The molecule has 0 atom stereocenters. The van der Waals surface area contributed by atoms with Crippen LogP contribution in [-0.4, -0.2) is 7.05 Å². The number of benzene rings is 1. The summed E-state index contributed by atoms with van der Waals surface area (Å²) < 4.78 is 0. The van der Waals surface area contributed by atoms with E-state index in [0.717, 1.165) is 0 Å². The van der Waals surface area contributed by atoms with Crippen LogP contribution in [0.1, 0.15) is 51.0 Å². The summed E-state index contributed by atoms with van der Waals surface area (Å²) in [6, 6.07) is 8.72. The Bertz CT molecular complexity index is 354. The lowest BCUT2D eigenvalue weighted by Gasteiger charge is -2.05. The van der Waals surface area contributed by atoms with E-state index in [1.807, 2.05) is 7.05 Å². The molecule has 1 heteroatoms. The van der Waals surface area contributed by atoms with Crippen LogP contribution in [0.3, 0.4) is 0 Å². The number of aryl methyl sites for hydroxylation is 1.